The third kappa shape index (κ3) is 3.91. The van der Waals surface area contributed by atoms with Gasteiger partial charge in [0.05, 0.1) is 11.3 Å². The lowest BCUT2D eigenvalue weighted by Crippen LogP contribution is -2.45. The van der Waals surface area contributed by atoms with Crippen molar-refractivity contribution in [3.05, 3.63) is 57.3 Å². The van der Waals surface area contributed by atoms with Crippen LogP contribution in [0, 0.1) is 0 Å². The van der Waals surface area contributed by atoms with Crippen LogP contribution in [0.3, 0.4) is 0 Å². The van der Waals surface area contributed by atoms with E-state index in [2.05, 4.69) is 41.5 Å². The second-order valence-corrected chi connectivity index (χ2v) is 7.31. The molecule has 0 radical (unpaired) electrons. The number of carbonyl (C=O) groups excluding carboxylic acids is 2. The molecule has 1 amide bonds. The van der Waals surface area contributed by atoms with E-state index in [1.54, 1.807) is 6.92 Å². The first-order chi connectivity index (χ1) is 11.5. The van der Waals surface area contributed by atoms with Gasteiger partial charge in [0.1, 0.15) is 0 Å². The Kier molecular flexibility index (Phi) is 5.11. The van der Waals surface area contributed by atoms with Gasteiger partial charge in [0.2, 0.25) is 5.91 Å². The van der Waals surface area contributed by atoms with Gasteiger partial charge in [-0.3, -0.25) is 14.5 Å². The van der Waals surface area contributed by atoms with Crippen LogP contribution in [0.1, 0.15) is 33.3 Å². The first-order valence-electron chi connectivity index (χ1n) is 8.15. The molecular formula is C19H22N2O2S. The highest BCUT2D eigenvalue weighted by molar-refractivity contribution is 7.12. The molecule has 0 unspecified atom stereocenters. The minimum absolute atomic E-state index is 0.00941. The van der Waals surface area contributed by atoms with E-state index in [-0.39, 0.29) is 11.7 Å². The highest BCUT2D eigenvalue weighted by atomic mass is 32.1. The van der Waals surface area contributed by atoms with E-state index in [9.17, 15) is 9.59 Å². The van der Waals surface area contributed by atoms with Crippen LogP contribution in [0.2, 0.25) is 0 Å². The number of thiophene rings is 1. The topological polar surface area (TPSA) is 49.4 Å². The van der Waals surface area contributed by atoms with Crippen molar-refractivity contribution < 1.29 is 9.59 Å². The molecule has 126 valence electrons. The molecule has 0 saturated heterocycles. The molecule has 0 spiro atoms. The maximum Gasteiger partial charge on any atom is 0.224 e. The fourth-order valence-corrected chi connectivity index (χ4v) is 3.89. The van der Waals surface area contributed by atoms with E-state index in [0.29, 0.717) is 23.9 Å². The van der Waals surface area contributed by atoms with Crippen molar-refractivity contribution in [1.82, 2.24) is 10.2 Å². The average molecular weight is 342 g/mol. The van der Waals surface area contributed by atoms with Crippen molar-refractivity contribution >= 4 is 23.0 Å². The Labute approximate surface area is 146 Å². The number of Topliss-reactive ketones (excluding diaryl/α,β-unsaturated/α-hetero) is 1. The number of nitrogens with zero attached hydrogens (tertiary/aromatic N) is 1. The molecule has 0 aliphatic carbocycles. The molecular weight excluding hydrogens is 320 g/mol. The summed E-state index contributed by atoms with van der Waals surface area (Å²) in [7, 11) is 2.10. The van der Waals surface area contributed by atoms with Crippen molar-refractivity contribution in [1.29, 1.82) is 0 Å². The van der Waals surface area contributed by atoms with Gasteiger partial charge in [-0.05, 0) is 48.5 Å². The number of benzene rings is 1. The molecule has 3 rings (SSSR count). The van der Waals surface area contributed by atoms with Crippen LogP contribution >= 0.6 is 11.3 Å². The zero-order valence-electron chi connectivity index (χ0n) is 14.0. The number of nitrogens with one attached hydrogen (secondary N) is 1. The summed E-state index contributed by atoms with van der Waals surface area (Å²) in [5, 5.41) is 4.93. The lowest BCUT2D eigenvalue weighted by molar-refractivity contribution is -0.120. The summed E-state index contributed by atoms with van der Waals surface area (Å²) in [5.41, 5.74) is 3.65. The van der Waals surface area contributed by atoms with Gasteiger partial charge in [-0.15, -0.1) is 11.3 Å². The number of amides is 1. The number of likely N-dealkylation sites (N-methyl/N-ethyl adjacent to an activating group) is 1. The summed E-state index contributed by atoms with van der Waals surface area (Å²) in [6.07, 6.45) is 1.29. The maximum absolute atomic E-state index is 12.2. The first kappa shape index (κ1) is 16.9. The predicted octanol–water partition coefficient (Wildman–Crippen LogP) is 2.67. The van der Waals surface area contributed by atoms with E-state index < -0.39 is 0 Å². The van der Waals surface area contributed by atoms with Crippen LogP contribution in [0.15, 0.2) is 35.7 Å². The van der Waals surface area contributed by atoms with Crippen molar-refractivity contribution in [2.75, 3.05) is 13.6 Å². The molecule has 0 saturated carbocycles. The van der Waals surface area contributed by atoms with Gasteiger partial charge in [-0.2, -0.15) is 0 Å². The Balaban J connectivity index is 1.53. The van der Waals surface area contributed by atoms with Gasteiger partial charge in [0.15, 0.2) is 5.78 Å². The van der Waals surface area contributed by atoms with E-state index in [1.807, 2.05) is 11.4 Å². The van der Waals surface area contributed by atoms with Crippen LogP contribution < -0.4 is 5.32 Å². The number of ketones is 1. The molecule has 1 aliphatic rings. The molecule has 5 heteroatoms. The largest absolute Gasteiger partial charge is 0.354 e. The van der Waals surface area contributed by atoms with Gasteiger partial charge >= 0.3 is 0 Å². The molecule has 0 bridgehead atoms. The van der Waals surface area contributed by atoms with Crippen LogP contribution in [0.5, 0.6) is 0 Å². The predicted molar refractivity (Wildman–Crippen MR) is 96.4 cm³/mol. The van der Waals surface area contributed by atoms with Crippen LogP contribution in [0.4, 0.5) is 0 Å². The Morgan fingerprint density at radius 2 is 2.04 bits per heavy atom. The van der Waals surface area contributed by atoms with Crippen molar-refractivity contribution in [3.63, 3.8) is 0 Å². The zero-order chi connectivity index (χ0) is 17.1. The van der Waals surface area contributed by atoms with Crippen LogP contribution in [-0.4, -0.2) is 36.2 Å². The molecule has 1 atom stereocenters. The second-order valence-electron chi connectivity index (χ2n) is 6.40. The standard InChI is InChI=1S/C19H22N2O2S/c1-13(22)18-7-14(12-24-18)8-19(23)20-10-17-9-15-5-3-4-6-16(15)11-21(17)2/h3-7,12,17H,8-11H2,1-2H3,(H,20,23)/t17-/m1/s1. The summed E-state index contributed by atoms with van der Waals surface area (Å²) in [4.78, 5) is 26.5. The fraction of sp³-hybridized carbons (Fsp3) is 0.368. The summed E-state index contributed by atoms with van der Waals surface area (Å²) < 4.78 is 0. The van der Waals surface area contributed by atoms with Gasteiger partial charge < -0.3 is 5.32 Å². The lowest BCUT2D eigenvalue weighted by atomic mass is 9.94. The number of carbonyl (C=O) groups is 2. The molecule has 0 fully saturated rings. The third-order valence-corrected chi connectivity index (χ3v) is 5.60. The third-order valence-electron chi connectivity index (χ3n) is 4.52. The number of rotatable bonds is 5. The van der Waals surface area contributed by atoms with Gasteiger partial charge in [0, 0.05) is 19.1 Å². The van der Waals surface area contributed by atoms with Crippen LogP contribution in [0.25, 0.3) is 0 Å². The molecule has 2 aromatic rings. The van der Waals surface area contributed by atoms with Gasteiger partial charge in [-0.1, -0.05) is 24.3 Å². The lowest BCUT2D eigenvalue weighted by Gasteiger charge is -2.34. The Morgan fingerprint density at radius 3 is 2.75 bits per heavy atom. The molecule has 1 aliphatic heterocycles. The van der Waals surface area contributed by atoms with Crippen molar-refractivity contribution in [3.8, 4) is 0 Å². The molecule has 24 heavy (non-hydrogen) atoms. The zero-order valence-corrected chi connectivity index (χ0v) is 14.9. The fourth-order valence-electron chi connectivity index (χ4n) is 3.08. The number of fused-ring (bicyclic) bond motifs is 1. The van der Waals surface area contributed by atoms with Crippen molar-refractivity contribution in [2.24, 2.45) is 0 Å². The smallest absolute Gasteiger partial charge is 0.224 e. The summed E-state index contributed by atoms with van der Waals surface area (Å²) in [6, 6.07) is 10.6. The van der Waals surface area contributed by atoms with Crippen molar-refractivity contribution in [2.45, 2.75) is 32.4 Å². The number of hydrogen-bond acceptors (Lipinski definition) is 4. The molecule has 1 N–H and O–H groups in total. The highest BCUT2D eigenvalue weighted by Crippen LogP contribution is 2.21. The average Bonchev–Trinajstić information content (AvgIpc) is 3.01. The quantitative estimate of drug-likeness (QED) is 0.850. The molecule has 4 nitrogen and oxygen atoms in total. The monoisotopic (exact) mass is 342 g/mol. The summed E-state index contributed by atoms with van der Waals surface area (Å²) >= 11 is 1.40. The Bertz CT molecular complexity index is 753. The summed E-state index contributed by atoms with van der Waals surface area (Å²) in [6.45, 7) is 3.11. The van der Waals surface area contributed by atoms with E-state index in [0.717, 1.165) is 18.5 Å². The van der Waals surface area contributed by atoms with Gasteiger partial charge in [0.25, 0.3) is 0 Å². The minimum Gasteiger partial charge on any atom is -0.354 e. The van der Waals surface area contributed by atoms with Gasteiger partial charge in [-0.25, -0.2) is 0 Å². The SMILES string of the molecule is CC(=O)c1cc(CC(=O)NC[C@H]2Cc3ccccc3CN2C)cs1. The summed E-state index contributed by atoms with van der Waals surface area (Å²) in [5.74, 6) is 0.0596. The normalized spacial score (nSPS) is 17.3. The van der Waals surface area contributed by atoms with E-state index in [4.69, 9.17) is 0 Å². The minimum atomic E-state index is 0.00941. The second kappa shape index (κ2) is 7.28. The first-order valence-corrected chi connectivity index (χ1v) is 9.03. The van der Waals surface area contributed by atoms with E-state index >= 15 is 0 Å². The molecule has 1 aromatic carbocycles. The molecule has 1 aromatic heterocycles. The Morgan fingerprint density at radius 1 is 1.29 bits per heavy atom. The van der Waals surface area contributed by atoms with Crippen LogP contribution in [-0.2, 0) is 24.2 Å². The molecule has 2 heterocycles. The van der Waals surface area contributed by atoms with E-state index in [1.165, 1.54) is 22.5 Å². The highest BCUT2D eigenvalue weighted by Gasteiger charge is 2.23. The maximum atomic E-state index is 12.2. The number of hydrogen-bond donors (Lipinski definition) is 1. The Hall–Kier alpha value is -1.98.